The Morgan fingerprint density at radius 2 is 1.88 bits per heavy atom. The van der Waals surface area contributed by atoms with Crippen molar-refractivity contribution in [3.05, 3.63) is 29.8 Å². The van der Waals surface area contributed by atoms with Gasteiger partial charge in [-0.3, -0.25) is 9.59 Å². The zero-order chi connectivity index (χ0) is 18.6. The second kappa shape index (κ2) is 8.08. The van der Waals surface area contributed by atoms with Crippen molar-refractivity contribution in [3.8, 4) is 5.75 Å². The summed E-state index contributed by atoms with van der Waals surface area (Å²) in [5, 5.41) is 5.92. The minimum Gasteiger partial charge on any atom is -0.484 e. The Bertz CT molecular complexity index is 630. The molecule has 6 nitrogen and oxygen atoms in total. The Morgan fingerprint density at radius 1 is 1.19 bits per heavy atom. The zero-order valence-corrected chi connectivity index (χ0v) is 15.5. The third kappa shape index (κ3) is 4.97. The molecule has 0 aliphatic heterocycles. The maximum absolute atomic E-state index is 12.3. The Hall–Kier alpha value is -2.08. The smallest absolute Gasteiger partial charge is 0.258 e. The predicted molar refractivity (Wildman–Crippen MR) is 97.9 cm³/mol. The van der Waals surface area contributed by atoms with Crippen LogP contribution in [0.3, 0.4) is 0 Å². The highest BCUT2D eigenvalue weighted by atomic mass is 16.5. The van der Waals surface area contributed by atoms with E-state index in [0.717, 1.165) is 37.7 Å². The summed E-state index contributed by atoms with van der Waals surface area (Å²) in [5.74, 6) is 0.572. The molecule has 0 saturated heterocycles. The second-order valence-corrected chi connectivity index (χ2v) is 7.41. The SMILES string of the molecule is COC1(CC(=O)N[C@H](C)c2ccc(OCC(=O)NC3CC3)cc2)CCC1. The average Bonchev–Trinajstić information content (AvgIpc) is 3.40. The molecule has 2 aliphatic carbocycles. The molecule has 0 unspecified atom stereocenters. The second-order valence-electron chi connectivity index (χ2n) is 7.41. The van der Waals surface area contributed by atoms with Gasteiger partial charge in [0.2, 0.25) is 5.91 Å². The highest BCUT2D eigenvalue weighted by Crippen LogP contribution is 2.38. The summed E-state index contributed by atoms with van der Waals surface area (Å²) >= 11 is 0. The number of rotatable bonds is 9. The first-order valence-corrected chi connectivity index (χ1v) is 9.36. The number of carbonyl (C=O) groups excluding carboxylic acids is 2. The van der Waals surface area contributed by atoms with Gasteiger partial charge in [-0.25, -0.2) is 0 Å². The first kappa shape index (κ1) is 18.7. The lowest BCUT2D eigenvalue weighted by Crippen LogP contribution is -2.44. The normalized spacial score (nSPS) is 19.2. The van der Waals surface area contributed by atoms with E-state index in [4.69, 9.17) is 9.47 Å². The van der Waals surface area contributed by atoms with E-state index in [-0.39, 0.29) is 30.1 Å². The number of carbonyl (C=O) groups is 2. The lowest BCUT2D eigenvalue weighted by Gasteiger charge is -2.40. The van der Waals surface area contributed by atoms with Crippen LogP contribution in [0.15, 0.2) is 24.3 Å². The van der Waals surface area contributed by atoms with Crippen LogP contribution in [0.25, 0.3) is 0 Å². The van der Waals surface area contributed by atoms with Gasteiger partial charge in [0.1, 0.15) is 5.75 Å². The Kier molecular flexibility index (Phi) is 5.81. The first-order valence-electron chi connectivity index (χ1n) is 9.36. The summed E-state index contributed by atoms with van der Waals surface area (Å²) in [5.41, 5.74) is 0.732. The molecule has 142 valence electrons. The minimum atomic E-state index is -0.261. The number of benzene rings is 1. The zero-order valence-electron chi connectivity index (χ0n) is 15.5. The van der Waals surface area contributed by atoms with Gasteiger partial charge in [-0.2, -0.15) is 0 Å². The average molecular weight is 360 g/mol. The van der Waals surface area contributed by atoms with Crippen molar-refractivity contribution in [1.82, 2.24) is 10.6 Å². The van der Waals surface area contributed by atoms with Crippen LogP contribution >= 0.6 is 0 Å². The van der Waals surface area contributed by atoms with Gasteiger partial charge < -0.3 is 20.1 Å². The quantitative estimate of drug-likeness (QED) is 0.709. The molecule has 1 aromatic carbocycles. The topological polar surface area (TPSA) is 76.7 Å². The Balaban J connectivity index is 1.44. The fourth-order valence-corrected chi connectivity index (χ4v) is 3.19. The molecule has 0 aromatic heterocycles. The summed E-state index contributed by atoms with van der Waals surface area (Å²) in [6.07, 6.45) is 5.56. The van der Waals surface area contributed by atoms with Crippen molar-refractivity contribution < 1.29 is 19.1 Å². The summed E-state index contributed by atoms with van der Waals surface area (Å²) in [6, 6.07) is 7.72. The van der Waals surface area contributed by atoms with Gasteiger partial charge in [0.15, 0.2) is 6.61 Å². The number of ether oxygens (including phenoxy) is 2. The Labute approximate surface area is 154 Å². The molecule has 0 heterocycles. The van der Waals surface area contributed by atoms with E-state index in [1.54, 1.807) is 7.11 Å². The van der Waals surface area contributed by atoms with Gasteiger partial charge in [-0.15, -0.1) is 0 Å². The van der Waals surface area contributed by atoms with E-state index < -0.39 is 0 Å². The lowest BCUT2D eigenvalue weighted by atomic mass is 9.77. The molecule has 2 N–H and O–H groups in total. The van der Waals surface area contributed by atoms with Crippen LogP contribution in [0.1, 0.15) is 57.1 Å². The molecule has 2 fully saturated rings. The maximum atomic E-state index is 12.3. The van der Waals surface area contributed by atoms with Crippen molar-refractivity contribution in [1.29, 1.82) is 0 Å². The molecule has 1 atom stereocenters. The first-order chi connectivity index (χ1) is 12.5. The fraction of sp³-hybridized carbons (Fsp3) is 0.600. The van der Waals surface area contributed by atoms with E-state index in [0.29, 0.717) is 18.2 Å². The highest BCUT2D eigenvalue weighted by Gasteiger charge is 2.39. The third-order valence-corrected chi connectivity index (χ3v) is 5.25. The van der Waals surface area contributed by atoms with Gasteiger partial charge in [-0.1, -0.05) is 12.1 Å². The van der Waals surface area contributed by atoms with E-state index in [9.17, 15) is 9.59 Å². The number of nitrogens with one attached hydrogen (secondary N) is 2. The van der Waals surface area contributed by atoms with Gasteiger partial charge in [0.25, 0.3) is 5.91 Å². The monoisotopic (exact) mass is 360 g/mol. The Morgan fingerprint density at radius 3 is 2.42 bits per heavy atom. The van der Waals surface area contributed by atoms with Crippen LogP contribution in [0.4, 0.5) is 0 Å². The molecule has 2 amide bonds. The van der Waals surface area contributed by atoms with Crippen molar-refractivity contribution >= 4 is 11.8 Å². The van der Waals surface area contributed by atoms with Gasteiger partial charge >= 0.3 is 0 Å². The van der Waals surface area contributed by atoms with Crippen molar-refractivity contribution in [2.75, 3.05) is 13.7 Å². The van der Waals surface area contributed by atoms with Crippen LogP contribution in [0, 0.1) is 0 Å². The highest BCUT2D eigenvalue weighted by molar-refractivity contribution is 5.78. The molecule has 3 rings (SSSR count). The summed E-state index contributed by atoms with van der Waals surface area (Å²) < 4.78 is 11.0. The molecule has 0 bridgehead atoms. The molecular weight excluding hydrogens is 332 g/mol. The molecule has 1 aromatic rings. The maximum Gasteiger partial charge on any atom is 0.258 e. The standard InChI is InChI=1S/C20H28N2O4/c1-14(21-18(23)12-20(25-2)10-3-11-20)15-4-8-17(9-5-15)26-13-19(24)22-16-6-7-16/h4-5,8-9,14,16H,3,6-7,10-13H2,1-2H3,(H,21,23)(H,22,24)/t14-/m1/s1. The number of hydrogen-bond acceptors (Lipinski definition) is 4. The molecule has 0 spiro atoms. The summed E-state index contributed by atoms with van der Waals surface area (Å²) in [6.45, 7) is 1.98. The largest absolute Gasteiger partial charge is 0.484 e. The minimum absolute atomic E-state index is 0.0103. The van der Waals surface area contributed by atoms with Gasteiger partial charge in [-0.05, 0) is 56.7 Å². The molecule has 0 radical (unpaired) electrons. The third-order valence-electron chi connectivity index (χ3n) is 5.25. The van der Waals surface area contributed by atoms with Crippen molar-refractivity contribution in [3.63, 3.8) is 0 Å². The van der Waals surface area contributed by atoms with E-state index in [1.165, 1.54) is 0 Å². The van der Waals surface area contributed by atoms with Gasteiger partial charge in [0.05, 0.1) is 18.1 Å². The summed E-state index contributed by atoms with van der Waals surface area (Å²) in [4.78, 5) is 23.9. The predicted octanol–water partition coefficient (Wildman–Crippen LogP) is 2.48. The molecule has 2 saturated carbocycles. The van der Waals surface area contributed by atoms with Crippen LogP contribution in [-0.4, -0.2) is 37.2 Å². The number of methoxy groups -OCH3 is 1. The molecular formula is C20H28N2O4. The van der Waals surface area contributed by atoms with Crippen LogP contribution in [0.2, 0.25) is 0 Å². The molecule has 6 heteroatoms. The van der Waals surface area contributed by atoms with Crippen LogP contribution in [-0.2, 0) is 14.3 Å². The molecule has 2 aliphatic rings. The van der Waals surface area contributed by atoms with Crippen LogP contribution in [0.5, 0.6) is 5.75 Å². The fourth-order valence-electron chi connectivity index (χ4n) is 3.19. The summed E-state index contributed by atoms with van der Waals surface area (Å²) in [7, 11) is 1.68. The van der Waals surface area contributed by atoms with Crippen molar-refractivity contribution in [2.24, 2.45) is 0 Å². The van der Waals surface area contributed by atoms with Crippen LogP contribution < -0.4 is 15.4 Å². The lowest BCUT2D eigenvalue weighted by molar-refractivity contribution is -0.134. The van der Waals surface area contributed by atoms with Crippen molar-refractivity contribution in [2.45, 2.75) is 63.1 Å². The van der Waals surface area contributed by atoms with E-state index in [1.807, 2.05) is 31.2 Å². The number of hydrogen-bond donors (Lipinski definition) is 2. The van der Waals surface area contributed by atoms with E-state index in [2.05, 4.69) is 10.6 Å². The van der Waals surface area contributed by atoms with Gasteiger partial charge in [0, 0.05) is 13.2 Å². The number of amides is 2. The van der Waals surface area contributed by atoms with E-state index >= 15 is 0 Å². The molecule has 26 heavy (non-hydrogen) atoms.